The van der Waals surface area contributed by atoms with Crippen molar-refractivity contribution in [1.29, 1.82) is 0 Å². The molecule has 1 unspecified atom stereocenters. The van der Waals surface area contributed by atoms with Crippen LogP contribution in [0.3, 0.4) is 0 Å². The van der Waals surface area contributed by atoms with Gasteiger partial charge in [0.25, 0.3) is 11.3 Å². The molecular formula is C26H25ClN4O5S3. The van der Waals surface area contributed by atoms with Crippen molar-refractivity contribution in [1.82, 2.24) is 15.6 Å². The van der Waals surface area contributed by atoms with E-state index in [2.05, 4.69) is 15.4 Å². The fourth-order valence-corrected chi connectivity index (χ4v) is 6.34. The van der Waals surface area contributed by atoms with Gasteiger partial charge in [0.2, 0.25) is 5.91 Å². The maximum absolute atomic E-state index is 13.5. The Kier molecular flexibility index (Phi) is 10.1. The van der Waals surface area contributed by atoms with Crippen LogP contribution in [-0.4, -0.2) is 38.9 Å². The van der Waals surface area contributed by atoms with Crippen molar-refractivity contribution in [3.8, 4) is 9.88 Å². The quantitative estimate of drug-likeness (QED) is 0.169. The van der Waals surface area contributed by atoms with Gasteiger partial charge in [0.05, 0.1) is 28.7 Å². The highest BCUT2D eigenvalue weighted by Gasteiger charge is 2.26. The average molecular weight is 605 g/mol. The van der Waals surface area contributed by atoms with E-state index < -0.39 is 35.4 Å². The Bertz CT molecular complexity index is 1430. The summed E-state index contributed by atoms with van der Waals surface area (Å²) in [6, 6.07) is 16.7. The summed E-state index contributed by atoms with van der Waals surface area (Å²) in [5.41, 5.74) is 2.86. The molecule has 204 valence electrons. The van der Waals surface area contributed by atoms with Gasteiger partial charge in [0.1, 0.15) is 11.0 Å². The van der Waals surface area contributed by atoms with Crippen molar-refractivity contribution in [2.75, 3.05) is 11.8 Å². The third-order valence-electron chi connectivity index (χ3n) is 5.68. The van der Waals surface area contributed by atoms with Crippen LogP contribution in [0.5, 0.6) is 0 Å². The second kappa shape index (κ2) is 13.7. The number of anilines is 1. The molecule has 0 aliphatic heterocycles. The fourth-order valence-electron chi connectivity index (χ4n) is 3.80. The summed E-state index contributed by atoms with van der Waals surface area (Å²) in [7, 11) is 1.24. The minimum Gasteiger partial charge on any atom is -0.453 e. The van der Waals surface area contributed by atoms with Gasteiger partial charge in [0.15, 0.2) is 0 Å². The van der Waals surface area contributed by atoms with Crippen LogP contribution >= 0.6 is 34.3 Å². The highest BCUT2D eigenvalue weighted by molar-refractivity contribution is 7.80. The van der Waals surface area contributed by atoms with E-state index in [1.54, 1.807) is 24.3 Å². The Balaban J connectivity index is 1.60. The van der Waals surface area contributed by atoms with Crippen LogP contribution in [0, 0.1) is 0 Å². The summed E-state index contributed by atoms with van der Waals surface area (Å²) in [6.07, 6.45) is -0.0677. The second-order valence-electron chi connectivity index (χ2n) is 8.37. The zero-order chi connectivity index (χ0) is 27.8. The first-order valence-electron chi connectivity index (χ1n) is 11.7. The Morgan fingerprint density at radius 2 is 1.74 bits per heavy atom. The van der Waals surface area contributed by atoms with Gasteiger partial charge in [-0.3, -0.25) is 14.1 Å². The Labute approximate surface area is 241 Å². The van der Waals surface area contributed by atoms with Gasteiger partial charge in [-0.1, -0.05) is 54.1 Å². The Morgan fingerprint density at radius 1 is 1.03 bits per heavy atom. The first kappa shape index (κ1) is 28.7. The molecule has 4 N–H and O–H groups in total. The van der Waals surface area contributed by atoms with Crippen LogP contribution in [0.1, 0.15) is 22.9 Å². The molecule has 39 heavy (non-hydrogen) atoms. The predicted molar refractivity (Wildman–Crippen MR) is 155 cm³/mol. The SMILES string of the molecule is COC(=O)N[C@@H](Cc1ccccc1)C(=O)N[C@@H](Cc1ccc(NS(=O)O)cc1)c1csc(-c2sccc2Cl)n1. The first-order chi connectivity index (χ1) is 18.8. The molecular weight excluding hydrogens is 580 g/mol. The number of nitrogens with zero attached hydrogens (tertiary/aromatic N) is 1. The summed E-state index contributed by atoms with van der Waals surface area (Å²) < 4.78 is 27.3. The van der Waals surface area contributed by atoms with Crippen molar-refractivity contribution in [2.24, 2.45) is 0 Å². The van der Waals surface area contributed by atoms with Crippen LogP contribution in [0.4, 0.5) is 10.5 Å². The van der Waals surface area contributed by atoms with Crippen LogP contribution in [0.15, 0.2) is 71.4 Å². The molecule has 2 heterocycles. The lowest BCUT2D eigenvalue weighted by molar-refractivity contribution is -0.123. The molecule has 0 aliphatic rings. The van der Waals surface area contributed by atoms with E-state index in [0.29, 0.717) is 22.8 Å². The van der Waals surface area contributed by atoms with Gasteiger partial charge in [0, 0.05) is 17.5 Å². The standard InChI is InChI=1S/C26H25ClN4O5S3/c1-36-26(33)30-21(14-16-5-3-2-4-6-16)24(32)28-20(13-17-7-9-18(10-8-17)31-39(34)35)22-15-38-25(29-22)23-19(27)11-12-37-23/h2-12,15,20-21,31H,13-14H2,1H3,(H,28,32)(H,30,33)(H,34,35)/t20-,21-/m0/s1. The van der Waals surface area contributed by atoms with E-state index in [-0.39, 0.29) is 6.42 Å². The molecule has 3 atom stereocenters. The smallest absolute Gasteiger partial charge is 0.407 e. The number of rotatable bonds is 11. The number of hydrogen-bond donors (Lipinski definition) is 4. The van der Waals surface area contributed by atoms with Crippen LogP contribution in [0.2, 0.25) is 5.02 Å². The predicted octanol–water partition coefficient (Wildman–Crippen LogP) is 5.44. The summed E-state index contributed by atoms with van der Waals surface area (Å²) in [4.78, 5) is 31.2. The Hall–Kier alpha value is -3.29. The lowest BCUT2D eigenvalue weighted by Crippen LogP contribution is -2.49. The summed E-state index contributed by atoms with van der Waals surface area (Å²) in [5.74, 6) is -0.396. The average Bonchev–Trinajstić information content (AvgIpc) is 3.58. The zero-order valence-corrected chi connectivity index (χ0v) is 23.8. The molecule has 4 rings (SSSR count). The van der Waals surface area contributed by atoms with Crippen molar-refractivity contribution < 1.29 is 23.1 Å². The fraction of sp³-hybridized carbons (Fsp3) is 0.192. The van der Waals surface area contributed by atoms with Gasteiger partial charge in [-0.15, -0.1) is 22.7 Å². The third kappa shape index (κ3) is 8.10. The topological polar surface area (TPSA) is 130 Å². The van der Waals surface area contributed by atoms with Crippen LogP contribution in [-0.2, 0) is 33.6 Å². The maximum atomic E-state index is 13.5. The minimum atomic E-state index is -2.18. The van der Waals surface area contributed by atoms with Gasteiger partial charge < -0.3 is 15.4 Å². The number of thiophene rings is 1. The number of alkyl carbamates (subject to hydrolysis) is 1. The lowest BCUT2D eigenvalue weighted by Gasteiger charge is -2.23. The van der Waals surface area contributed by atoms with E-state index in [1.165, 1.54) is 29.8 Å². The zero-order valence-electron chi connectivity index (χ0n) is 20.6. The maximum Gasteiger partial charge on any atom is 0.407 e. The summed E-state index contributed by atoms with van der Waals surface area (Å²) in [5, 5.41) is 10.8. The highest BCUT2D eigenvalue weighted by Crippen LogP contribution is 2.36. The van der Waals surface area contributed by atoms with Gasteiger partial charge in [-0.2, -0.15) is 0 Å². The molecule has 2 aromatic carbocycles. The second-order valence-corrected chi connectivity index (χ2v) is 11.3. The molecule has 0 radical (unpaired) electrons. The number of halogens is 1. The van der Waals surface area contributed by atoms with Gasteiger partial charge in [-0.05, 0) is 41.1 Å². The number of ether oxygens (including phenoxy) is 1. The number of nitrogens with one attached hydrogen (secondary N) is 3. The molecule has 0 saturated heterocycles. The van der Waals surface area contributed by atoms with Crippen molar-refractivity contribution in [2.45, 2.75) is 24.9 Å². The van der Waals surface area contributed by atoms with Crippen molar-refractivity contribution >= 4 is 63.2 Å². The molecule has 2 aromatic heterocycles. The molecule has 0 spiro atoms. The molecule has 0 fully saturated rings. The minimum absolute atomic E-state index is 0.264. The van der Waals surface area contributed by atoms with E-state index >= 15 is 0 Å². The molecule has 2 amide bonds. The lowest BCUT2D eigenvalue weighted by atomic mass is 10.0. The van der Waals surface area contributed by atoms with Crippen LogP contribution < -0.4 is 15.4 Å². The first-order valence-corrected chi connectivity index (χ1v) is 14.9. The molecule has 0 bridgehead atoms. The number of methoxy groups -OCH3 is 1. The number of hydrogen-bond acceptors (Lipinski definition) is 7. The molecule has 9 nitrogen and oxygen atoms in total. The normalized spacial score (nSPS) is 13.2. The Morgan fingerprint density at radius 3 is 2.38 bits per heavy atom. The van der Waals surface area contributed by atoms with Crippen molar-refractivity contribution in [3.63, 3.8) is 0 Å². The van der Waals surface area contributed by atoms with Gasteiger partial charge in [-0.25, -0.2) is 14.0 Å². The number of amides is 2. The van der Waals surface area contributed by atoms with E-state index in [0.717, 1.165) is 21.0 Å². The molecule has 4 aromatic rings. The largest absolute Gasteiger partial charge is 0.453 e. The number of aromatic nitrogens is 1. The number of carbonyl (C=O) groups excluding carboxylic acids is 2. The molecule has 0 aliphatic carbocycles. The number of benzene rings is 2. The van der Waals surface area contributed by atoms with Crippen LogP contribution in [0.25, 0.3) is 9.88 Å². The number of thiazole rings is 1. The third-order valence-corrected chi connectivity index (χ3v) is 8.45. The number of carbonyl (C=O) groups is 2. The van der Waals surface area contributed by atoms with Gasteiger partial charge >= 0.3 is 6.09 Å². The van der Waals surface area contributed by atoms with E-state index in [4.69, 9.17) is 25.9 Å². The highest BCUT2D eigenvalue weighted by atomic mass is 35.5. The van der Waals surface area contributed by atoms with E-state index in [9.17, 15) is 13.8 Å². The summed E-state index contributed by atoms with van der Waals surface area (Å²) in [6.45, 7) is 0. The van der Waals surface area contributed by atoms with Crippen molar-refractivity contribution in [3.05, 3.63) is 93.3 Å². The molecule has 13 heteroatoms. The summed E-state index contributed by atoms with van der Waals surface area (Å²) >= 11 is 7.04. The van der Waals surface area contributed by atoms with E-state index in [1.807, 2.05) is 47.2 Å². The monoisotopic (exact) mass is 604 g/mol. The molecule has 0 saturated carbocycles.